The number of carboxylic acid groups (broad SMARTS) is 2. The molecule has 1 N–H and O–H groups in total. The summed E-state index contributed by atoms with van der Waals surface area (Å²) in [6.07, 6.45) is 2.75. The topological polar surface area (TPSA) is 127 Å². The molecule has 0 bridgehead atoms. The van der Waals surface area contributed by atoms with Crippen LogP contribution in [-0.4, -0.2) is 36.2 Å². The first-order chi connectivity index (χ1) is 9.38. The van der Waals surface area contributed by atoms with Gasteiger partial charge in [-0.15, -0.1) is 0 Å². The average molecular weight is 362 g/mol. The van der Waals surface area contributed by atoms with Crippen molar-refractivity contribution in [2.24, 2.45) is 23.7 Å². The van der Waals surface area contributed by atoms with Gasteiger partial charge in [0, 0.05) is 23.8 Å². The van der Waals surface area contributed by atoms with Gasteiger partial charge in [-0.1, -0.05) is 19.1 Å². The normalized spacial score (nSPS) is 26.3. The van der Waals surface area contributed by atoms with Crippen LogP contribution in [0.2, 0.25) is 0 Å². The van der Waals surface area contributed by atoms with E-state index in [1.54, 1.807) is 13.0 Å². The minimum Gasteiger partial charge on any atom is -0.550 e. The fourth-order valence-electron chi connectivity index (χ4n) is 2.44. The molecule has 4 atom stereocenters. The van der Waals surface area contributed by atoms with Crippen LogP contribution in [0.1, 0.15) is 13.3 Å². The molecule has 0 heterocycles. The number of hydrogen-bond acceptors (Lipinski definition) is 7. The quantitative estimate of drug-likeness (QED) is 0.282. The van der Waals surface area contributed by atoms with Gasteiger partial charge in [-0.25, -0.2) is 0 Å². The van der Waals surface area contributed by atoms with Gasteiger partial charge in [0.05, 0.1) is 13.0 Å². The summed E-state index contributed by atoms with van der Waals surface area (Å²) in [6, 6.07) is 0. The first kappa shape index (κ1) is 25.6. The number of carbonyl (C=O) groups is 3. The molecule has 1 aliphatic carbocycles. The van der Waals surface area contributed by atoms with E-state index in [1.807, 2.05) is 0 Å². The first-order valence-corrected chi connectivity index (χ1v) is 6.25. The maximum Gasteiger partial charge on any atom is 1.00 e. The molecule has 0 aromatic carbocycles. The van der Waals surface area contributed by atoms with Gasteiger partial charge in [0.2, 0.25) is 0 Å². The van der Waals surface area contributed by atoms with E-state index in [1.165, 1.54) is 6.08 Å². The zero-order valence-electron chi connectivity index (χ0n) is 13.0. The minimum absolute atomic E-state index is 0. The zero-order valence-corrected chi connectivity index (χ0v) is 19.2. The smallest absolute Gasteiger partial charge is 0.550 e. The molecule has 0 aromatic heterocycles. The Kier molecular flexibility index (Phi) is 14.8. The van der Waals surface area contributed by atoms with E-state index >= 15 is 0 Å². The van der Waals surface area contributed by atoms with Gasteiger partial charge in [-0.05, 0) is 11.8 Å². The molecule has 112 valence electrons. The van der Waals surface area contributed by atoms with E-state index in [0.29, 0.717) is 0 Å². The Morgan fingerprint density at radius 2 is 1.64 bits per heavy atom. The van der Waals surface area contributed by atoms with Gasteiger partial charge in [0.15, 0.2) is 0 Å². The van der Waals surface area contributed by atoms with Gasteiger partial charge in [-0.3, -0.25) is 4.79 Å². The molecule has 0 saturated carbocycles. The monoisotopic (exact) mass is 362 g/mol. The SMILES string of the molecule is CC1C=CC(CC(=O)OCCO)C(C(=O)[O-])C1C(=O)[O-].[K+].[K+]. The summed E-state index contributed by atoms with van der Waals surface area (Å²) >= 11 is 0. The van der Waals surface area contributed by atoms with E-state index < -0.39 is 41.6 Å². The number of rotatable bonds is 6. The second-order valence-corrected chi connectivity index (χ2v) is 4.75. The van der Waals surface area contributed by atoms with Crippen LogP contribution in [0.15, 0.2) is 12.2 Å². The van der Waals surface area contributed by atoms with E-state index in [4.69, 9.17) is 5.11 Å². The minimum atomic E-state index is -1.53. The molecular formula is C13H16K2O7. The standard InChI is InChI=1S/C13H18O7.2K/c1-7-2-3-8(6-9(15)20-5-4-14)11(13(18)19)10(7)12(16)17;;/h2-3,7-8,10-11,14H,4-6H2,1H3,(H,16,17)(H,18,19);;/q;2*+1/p-2. The summed E-state index contributed by atoms with van der Waals surface area (Å²) in [5, 5.41) is 30.8. The molecule has 0 fully saturated rings. The molecule has 4 unspecified atom stereocenters. The van der Waals surface area contributed by atoms with Crippen LogP contribution in [0.5, 0.6) is 0 Å². The van der Waals surface area contributed by atoms with E-state index in [-0.39, 0.29) is 122 Å². The number of aliphatic carboxylic acids is 2. The Bertz CT molecular complexity index is 425. The van der Waals surface area contributed by atoms with Crippen molar-refractivity contribution in [3.8, 4) is 0 Å². The third-order valence-electron chi connectivity index (χ3n) is 3.38. The van der Waals surface area contributed by atoms with Crippen LogP contribution in [0.4, 0.5) is 0 Å². The van der Waals surface area contributed by atoms with Crippen molar-refractivity contribution in [3.63, 3.8) is 0 Å². The maximum atomic E-state index is 11.5. The molecule has 0 saturated heterocycles. The Morgan fingerprint density at radius 3 is 2.09 bits per heavy atom. The van der Waals surface area contributed by atoms with Gasteiger partial charge in [-0.2, -0.15) is 0 Å². The van der Waals surface area contributed by atoms with Crippen LogP contribution >= 0.6 is 0 Å². The second-order valence-electron chi connectivity index (χ2n) is 4.75. The first-order valence-electron chi connectivity index (χ1n) is 6.25. The number of aliphatic hydroxyl groups is 1. The molecule has 22 heavy (non-hydrogen) atoms. The Labute approximate surface area is 213 Å². The van der Waals surface area contributed by atoms with Crippen molar-refractivity contribution >= 4 is 17.9 Å². The fourth-order valence-corrected chi connectivity index (χ4v) is 2.44. The largest absolute Gasteiger partial charge is 1.00 e. The van der Waals surface area contributed by atoms with Crippen molar-refractivity contribution in [1.82, 2.24) is 0 Å². The molecule has 7 nitrogen and oxygen atoms in total. The molecule has 0 spiro atoms. The summed E-state index contributed by atoms with van der Waals surface area (Å²) in [5.41, 5.74) is 0. The second kappa shape index (κ2) is 12.7. The third kappa shape index (κ3) is 7.51. The fraction of sp³-hybridized carbons (Fsp3) is 0.615. The number of carbonyl (C=O) groups excluding carboxylic acids is 3. The number of hydrogen-bond donors (Lipinski definition) is 1. The van der Waals surface area contributed by atoms with Crippen LogP contribution in [-0.2, 0) is 19.1 Å². The number of allylic oxidation sites excluding steroid dienone is 2. The van der Waals surface area contributed by atoms with Crippen LogP contribution in [0.25, 0.3) is 0 Å². The third-order valence-corrected chi connectivity index (χ3v) is 3.38. The zero-order chi connectivity index (χ0) is 15.3. The number of esters is 1. The van der Waals surface area contributed by atoms with Crippen molar-refractivity contribution in [1.29, 1.82) is 0 Å². The molecule has 1 rings (SSSR count). The molecule has 0 radical (unpaired) electrons. The summed E-state index contributed by atoms with van der Waals surface area (Å²) in [7, 11) is 0. The predicted molar refractivity (Wildman–Crippen MR) is 61.4 cm³/mol. The summed E-state index contributed by atoms with van der Waals surface area (Å²) in [4.78, 5) is 33.7. The van der Waals surface area contributed by atoms with Crippen molar-refractivity contribution < 1.29 is 137 Å². The predicted octanol–water partition coefficient (Wildman–Crippen LogP) is -8.53. The van der Waals surface area contributed by atoms with Gasteiger partial charge in [0.25, 0.3) is 0 Å². The van der Waals surface area contributed by atoms with Crippen molar-refractivity contribution in [2.45, 2.75) is 13.3 Å². The van der Waals surface area contributed by atoms with Gasteiger partial charge >= 0.3 is 109 Å². The Morgan fingerprint density at radius 1 is 1.09 bits per heavy atom. The van der Waals surface area contributed by atoms with Gasteiger partial charge < -0.3 is 29.6 Å². The molecule has 0 amide bonds. The van der Waals surface area contributed by atoms with Crippen LogP contribution in [0.3, 0.4) is 0 Å². The van der Waals surface area contributed by atoms with Crippen molar-refractivity contribution in [2.75, 3.05) is 13.2 Å². The maximum absolute atomic E-state index is 11.5. The summed E-state index contributed by atoms with van der Waals surface area (Å²) in [5.74, 6) is -7.66. The van der Waals surface area contributed by atoms with Gasteiger partial charge in [0.1, 0.15) is 6.61 Å². The van der Waals surface area contributed by atoms with E-state index in [2.05, 4.69) is 4.74 Å². The van der Waals surface area contributed by atoms with Crippen LogP contribution < -0.4 is 113 Å². The molecular weight excluding hydrogens is 346 g/mol. The molecule has 0 aliphatic heterocycles. The number of carboxylic acids is 2. The number of aliphatic hydroxyl groups excluding tert-OH is 1. The Hall–Kier alpha value is 1.38. The molecule has 1 aliphatic rings. The summed E-state index contributed by atoms with van der Waals surface area (Å²) in [6.45, 7) is 1.04. The van der Waals surface area contributed by atoms with E-state index in [9.17, 15) is 24.6 Å². The molecule has 0 aromatic rings. The van der Waals surface area contributed by atoms with E-state index in [0.717, 1.165) is 0 Å². The summed E-state index contributed by atoms with van der Waals surface area (Å²) < 4.78 is 4.65. The molecule has 9 heteroatoms. The van der Waals surface area contributed by atoms with Crippen LogP contribution in [0, 0.1) is 23.7 Å². The number of ether oxygens (including phenoxy) is 1. The Balaban J connectivity index is 0. The average Bonchev–Trinajstić information content (AvgIpc) is 2.37. The van der Waals surface area contributed by atoms with Crippen molar-refractivity contribution in [3.05, 3.63) is 12.2 Å².